The van der Waals surface area contributed by atoms with Gasteiger partial charge in [0.1, 0.15) is 74.8 Å². The summed E-state index contributed by atoms with van der Waals surface area (Å²) in [5, 5.41) is 11.4. The predicted molar refractivity (Wildman–Crippen MR) is 398 cm³/mol. The van der Waals surface area contributed by atoms with Crippen LogP contribution in [0.4, 0.5) is 4.39 Å². The zero-order valence-corrected chi connectivity index (χ0v) is 55.3. The smallest absolute Gasteiger partial charge is 0.293 e. The molecule has 0 saturated carbocycles. The molecule has 96 heavy (non-hydrogen) atoms. The summed E-state index contributed by atoms with van der Waals surface area (Å²) in [4.78, 5) is 13.5. The van der Waals surface area contributed by atoms with Crippen LogP contribution < -0.4 is 27.6 Å². The van der Waals surface area contributed by atoms with Gasteiger partial charge in [-0.1, -0.05) is 104 Å². The lowest BCUT2D eigenvalue weighted by Gasteiger charge is -2.06. The van der Waals surface area contributed by atoms with E-state index < -0.39 is 0 Å². The summed E-state index contributed by atoms with van der Waals surface area (Å²) in [6, 6.07) is 65.8. The van der Waals surface area contributed by atoms with E-state index in [1.807, 2.05) is 104 Å². The van der Waals surface area contributed by atoms with Gasteiger partial charge in [0, 0.05) is 97.2 Å². The lowest BCUT2D eigenvalue weighted by atomic mass is 10.0. The first-order valence-electron chi connectivity index (χ1n) is 29.8. The summed E-state index contributed by atoms with van der Waals surface area (Å²) in [5.41, 5.74) is 20.6. The molecule has 10 nitrogen and oxygen atoms in total. The number of hydrogen-bond acceptors (Lipinski definition) is 7. The Morgan fingerprint density at radius 1 is 0.510 bits per heavy atom. The van der Waals surface area contributed by atoms with Gasteiger partial charge in [0.05, 0.1) is 24.5 Å². The molecule has 0 saturated heterocycles. The van der Waals surface area contributed by atoms with Crippen LogP contribution in [-0.4, -0.2) is 13.6 Å². The number of thiophene rings is 2. The molecule has 0 atom stereocenters. The molecule has 0 amide bonds. The first kappa shape index (κ1) is 78.2. The van der Waals surface area contributed by atoms with Crippen molar-refractivity contribution in [3.8, 4) is 78.5 Å². The Balaban J connectivity index is 0.000000252. The average molecular weight is 1320 g/mol. The molecule has 0 spiro atoms. The maximum atomic E-state index is 13.4. The molecule has 13 aromatic rings. The molecule has 0 N–H and O–H groups in total. The molecular weight excluding hydrogens is 1230 g/mol. The second kappa shape index (κ2) is 36.4. The first-order chi connectivity index (χ1) is 44.0. The zero-order valence-electron chi connectivity index (χ0n) is 53.7. The van der Waals surface area contributed by atoms with Crippen LogP contribution in [0.15, 0.2) is 230 Å². The third-order valence-corrected chi connectivity index (χ3v) is 18.1. The second-order valence-electron chi connectivity index (χ2n) is 22.3. The van der Waals surface area contributed by atoms with Gasteiger partial charge < -0.3 is 13.9 Å². The number of carbonyl (C=O) groups is 1. The Hall–Kier alpha value is -10.3. The number of benzene rings is 5. The van der Waals surface area contributed by atoms with E-state index in [0.29, 0.717) is 11.3 Å². The number of nitrogens with zero attached hydrogens (tertiary/aromatic N) is 6. The standard InChI is InChI=1S/C19H18N.C15H13FNO.C15H15N2O2S.C15H14NS.C14H16NO.5CH4/c1-15-8-6-7-11-18(15)19-14-17(12-13-20(19)2)16-9-4-3-5-10-16;1-10-7-15-11(4-6-18-15)8-13(10)14-9-12(16)3-5-17(14)2;1-10-4-13(6-16)20-15(10)14-5-12(8-19-9-18)11(2)7-17(14)3;1-11-15(13-8-5-6-10-16(13)2)12-7-3-4-9-14(12)17-11;1-11-10-12(16-3)7-8-13(11)14-6-4-5-9-15(14)2;;;;;/h3-14H,1-2H3;3-9H,1-2H3;4-5,7,9H,8H2,1-3H3;3-10H,1-2H3;4-10H,1-3H3;5*1H4/q5*+1;;;;;. The van der Waals surface area contributed by atoms with E-state index in [0.717, 1.165) is 60.8 Å². The number of aryl methyl sites for hydroxylation is 11. The van der Waals surface area contributed by atoms with Gasteiger partial charge in [0.25, 0.3) is 6.47 Å². The Morgan fingerprint density at radius 3 is 1.76 bits per heavy atom. The van der Waals surface area contributed by atoms with Gasteiger partial charge >= 0.3 is 0 Å². The Morgan fingerprint density at radius 2 is 1.11 bits per heavy atom. The quantitative estimate of drug-likeness (QED) is 0.100. The van der Waals surface area contributed by atoms with Crippen LogP contribution >= 0.6 is 22.7 Å². The van der Waals surface area contributed by atoms with Gasteiger partial charge in [0.2, 0.25) is 28.5 Å². The molecule has 0 aliphatic heterocycles. The molecule has 8 aromatic heterocycles. The molecule has 5 aromatic carbocycles. The molecule has 8 heterocycles. The highest BCUT2D eigenvalue weighted by molar-refractivity contribution is 7.19. The molecule has 0 radical (unpaired) electrons. The lowest BCUT2D eigenvalue weighted by Crippen LogP contribution is -2.31. The summed E-state index contributed by atoms with van der Waals surface area (Å²) in [5.74, 6) is 0.676. The van der Waals surface area contributed by atoms with Crippen LogP contribution in [-0.2, 0) is 51.4 Å². The number of rotatable bonds is 10. The fourth-order valence-electron chi connectivity index (χ4n) is 10.9. The van der Waals surface area contributed by atoms with E-state index in [1.165, 1.54) is 88.4 Å². The SMILES string of the molecule is C.C.C.C.C.COc1ccc(-c2cccc[n+]2C)c(C)c1.Cc1c[n+](C)c(-c2sc(C#N)cc2C)cc1COC=O.Cc1cc2occc2cc1-c1cc(F)cc[n+]1C.Cc1ccccc1-c1cc(-c2ccccc2)cc[n+]1C.Cc1sc2ccccc2c1-c1cccc[n+]1C. The number of pyridine rings is 5. The second-order valence-corrected chi connectivity index (χ2v) is 24.6. The van der Waals surface area contributed by atoms with Gasteiger partial charge in [-0.3, -0.25) is 4.79 Å². The van der Waals surface area contributed by atoms with Crippen LogP contribution in [0.3, 0.4) is 0 Å². The monoisotopic (exact) mass is 1320 g/mol. The fraction of sp³-hybridized carbons (Fsp3) is 0.217. The number of halogens is 1. The highest BCUT2D eigenvalue weighted by Gasteiger charge is 2.21. The number of nitriles is 1. The maximum absolute atomic E-state index is 13.4. The van der Waals surface area contributed by atoms with Gasteiger partial charge in [-0.15, -0.1) is 22.7 Å². The van der Waals surface area contributed by atoms with Gasteiger partial charge in [-0.2, -0.15) is 5.26 Å². The Labute approximate surface area is 578 Å². The van der Waals surface area contributed by atoms with Crippen molar-refractivity contribution in [2.75, 3.05) is 7.11 Å². The largest absolute Gasteiger partial charge is 0.497 e. The minimum absolute atomic E-state index is 0. The summed E-state index contributed by atoms with van der Waals surface area (Å²) >= 11 is 3.34. The maximum Gasteiger partial charge on any atom is 0.293 e. The molecule has 13 rings (SSSR count). The van der Waals surface area contributed by atoms with Crippen LogP contribution in [0.2, 0.25) is 0 Å². The molecule has 0 bridgehead atoms. The topological polar surface area (TPSA) is 91.9 Å². The average Bonchev–Trinajstić information content (AvgIpc) is 1.49. The van der Waals surface area contributed by atoms with Gasteiger partial charge in [0.15, 0.2) is 31.0 Å². The number of aromatic nitrogens is 5. The van der Waals surface area contributed by atoms with Crippen LogP contribution in [0.5, 0.6) is 5.75 Å². The normalized spacial score (nSPS) is 10.0. The summed E-state index contributed by atoms with van der Waals surface area (Å²) in [6.07, 6.45) is 11.7. The third kappa shape index (κ3) is 18.8. The molecule has 0 aliphatic carbocycles. The van der Waals surface area contributed by atoms with Crippen molar-refractivity contribution < 1.29 is 45.9 Å². The van der Waals surface area contributed by atoms with Crippen molar-refractivity contribution in [2.24, 2.45) is 35.2 Å². The van der Waals surface area contributed by atoms with E-state index in [9.17, 15) is 9.18 Å². The molecular formula is C83H96FN6O4S2+5. The minimum Gasteiger partial charge on any atom is -0.497 e. The van der Waals surface area contributed by atoms with E-state index in [2.05, 4.69) is 214 Å². The van der Waals surface area contributed by atoms with E-state index in [-0.39, 0.29) is 49.6 Å². The van der Waals surface area contributed by atoms with Crippen molar-refractivity contribution in [2.45, 2.75) is 85.3 Å². The highest BCUT2D eigenvalue weighted by atomic mass is 32.1. The van der Waals surface area contributed by atoms with Crippen molar-refractivity contribution in [1.29, 1.82) is 5.26 Å². The fourth-order valence-corrected chi connectivity index (χ4v) is 13.1. The zero-order chi connectivity index (χ0) is 64.7. The van der Waals surface area contributed by atoms with E-state index in [1.54, 1.807) is 25.6 Å². The van der Waals surface area contributed by atoms with Crippen molar-refractivity contribution in [3.05, 3.63) is 274 Å². The summed E-state index contributed by atoms with van der Waals surface area (Å²) < 4.78 is 40.6. The number of carbonyl (C=O) groups excluding carboxylic acids is 1. The van der Waals surface area contributed by atoms with Crippen LogP contribution in [0.1, 0.15) is 80.3 Å². The van der Waals surface area contributed by atoms with Crippen LogP contribution in [0.25, 0.3) is 87.8 Å². The summed E-state index contributed by atoms with van der Waals surface area (Å²) in [6.45, 7) is 13.2. The molecule has 496 valence electrons. The molecule has 13 heteroatoms. The number of fused-ring (bicyclic) bond motifs is 2. The predicted octanol–water partition coefficient (Wildman–Crippen LogP) is 19.3. The lowest BCUT2D eigenvalue weighted by molar-refractivity contribution is -0.660. The number of ether oxygens (including phenoxy) is 2. The molecule has 0 fully saturated rings. The Bertz CT molecular complexity index is 4740. The van der Waals surface area contributed by atoms with Crippen molar-refractivity contribution in [1.82, 2.24) is 0 Å². The molecule has 0 unspecified atom stereocenters. The number of methoxy groups -OCH3 is 1. The molecule has 0 aliphatic rings. The van der Waals surface area contributed by atoms with Gasteiger partial charge in [-0.05, 0) is 142 Å². The first-order valence-corrected chi connectivity index (χ1v) is 31.4. The Kier molecular flexibility index (Phi) is 29.7. The highest BCUT2D eigenvalue weighted by Crippen LogP contribution is 2.37. The van der Waals surface area contributed by atoms with E-state index >= 15 is 0 Å². The number of furan rings is 1. The van der Waals surface area contributed by atoms with Crippen LogP contribution in [0, 0.1) is 58.7 Å². The van der Waals surface area contributed by atoms with Crippen molar-refractivity contribution >= 4 is 50.2 Å². The summed E-state index contributed by atoms with van der Waals surface area (Å²) in [7, 11) is 11.8. The minimum atomic E-state index is -0.227. The van der Waals surface area contributed by atoms with Gasteiger partial charge in [-0.25, -0.2) is 27.2 Å². The number of hydrogen-bond donors (Lipinski definition) is 0. The van der Waals surface area contributed by atoms with Crippen molar-refractivity contribution in [3.63, 3.8) is 0 Å². The third-order valence-electron chi connectivity index (χ3n) is 15.9. The van der Waals surface area contributed by atoms with E-state index in [4.69, 9.17) is 19.2 Å².